The number of hydrogen-bond acceptors (Lipinski definition) is 1. The number of halogens is 1. The minimum absolute atomic E-state index is 0.743. The molecule has 1 nitrogen and oxygen atoms in total. The first kappa shape index (κ1) is 13.5. The van der Waals surface area contributed by atoms with Crippen LogP contribution in [0.2, 0.25) is 0 Å². The van der Waals surface area contributed by atoms with Crippen LogP contribution in [0, 0.1) is 0 Å². The Morgan fingerprint density at radius 1 is 1.16 bits per heavy atom. The number of fused-ring (bicyclic) bond motifs is 1. The van der Waals surface area contributed by atoms with Crippen molar-refractivity contribution in [2.24, 2.45) is 0 Å². The van der Waals surface area contributed by atoms with Gasteiger partial charge in [-0.05, 0) is 68.2 Å². The van der Waals surface area contributed by atoms with Crippen molar-refractivity contribution in [3.8, 4) is 0 Å². The molecule has 0 bridgehead atoms. The first-order valence-electron chi connectivity index (χ1n) is 7.77. The molecule has 0 aromatic heterocycles. The van der Waals surface area contributed by atoms with Crippen LogP contribution < -0.4 is 0 Å². The van der Waals surface area contributed by atoms with Crippen LogP contribution in [0.4, 0.5) is 0 Å². The lowest BCUT2D eigenvalue weighted by Crippen LogP contribution is -2.31. The Kier molecular flexibility index (Phi) is 4.45. The largest absolute Gasteiger partial charge is 0.300 e. The third-order valence-electron chi connectivity index (χ3n) is 4.79. The molecular weight excluding hydrogens is 254 g/mol. The zero-order valence-corrected chi connectivity index (χ0v) is 12.5. The molecule has 1 fully saturated rings. The molecule has 3 rings (SSSR count). The van der Waals surface area contributed by atoms with Crippen molar-refractivity contribution >= 4 is 11.6 Å². The topological polar surface area (TPSA) is 3.24 Å². The number of hydrogen-bond donors (Lipinski definition) is 0. The SMILES string of the molecule is ClCC[C@@H]1CCCN1CCc1ccc2c(c1)CCC2. The fourth-order valence-corrected chi connectivity index (χ4v) is 3.95. The summed E-state index contributed by atoms with van der Waals surface area (Å²) >= 11 is 5.90. The zero-order chi connectivity index (χ0) is 13.1. The van der Waals surface area contributed by atoms with Gasteiger partial charge in [-0.15, -0.1) is 11.6 Å². The van der Waals surface area contributed by atoms with Crippen LogP contribution in [0.25, 0.3) is 0 Å². The van der Waals surface area contributed by atoms with E-state index in [2.05, 4.69) is 23.1 Å². The summed E-state index contributed by atoms with van der Waals surface area (Å²) in [7, 11) is 0. The summed E-state index contributed by atoms with van der Waals surface area (Å²) in [6.45, 7) is 2.48. The van der Waals surface area contributed by atoms with Crippen LogP contribution in [0.5, 0.6) is 0 Å². The number of alkyl halides is 1. The molecule has 0 radical (unpaired) electrons. The van der Waals surface area contributed by atoms with E-state index in [4.69, 9.17) is 11.6 Å². The third-order valence-corrected chi connectivity index (χ3v) is 5.01. The number of nitrogens with zero attached hydrogens (tertiary/aromatic N) is 1. The molecule has 1 aliphatic heterocycles. The van der Waals surface area contributed by atoms with E-state index in [1.807, 2.05) is 0 Å². The Bertz CT molecular complexity index is 429. The van der Waals surface area contributed by atoms with Crippen molar-refractivity contribution in [2.75, 3.05) is 19.0 Å². The van der Waals surface area contributed by atoms with E-state index >= 15 is 0 Å². The second-order valence-corrected chi connectivity index (χ2v) is 6.39. The van der Waals surface area contributed by atoms with E-state index in [-0.39, 0.29) is 0 Å². The molecule has 0 amide bonds. The zero-order valence-electron chi connectivity index (χ0n) is 11.7. The summed E-state index contributed by atoms with van der Waals surface area (Å²) in [6.07, 6.45) is 8.99. The van der Waals surface area contributed by atoms with Crippen molar-refractivity contribution in [3.63, 3.8) is 0 Å². The molecule has 2 aliphatic rings. The average Bonchev–Trinajstić information content (AvgIpc) is 3.05. The van der Waals surface area contributed by atoms with Gasteiger partial charge in [-0.25, -0.2) is 0 Å². The highest BCUT2D eigenvalue weighted by molar-refractivity contribution is 6.17. The predicted molar refractivity (Wildman–Crippen MR) is 82.1 cm³/mol. The maximum Gasteiger partial charge on any atom is 0.0238 e. The van der Waals surface area contributed by atoms with Gasteiger partial charge in [-0.2, -0.15) is 0 Å². The van der Waals surface area contributed by atoms with Crippen molar-refractivity contribution in [2.45, 2.75) is 51.0 Å². The van der Waals surface area contributed by atoms with Crippen molar-refractivity contribution in [1.82, 2.24) is 4.90 Å². The molecule has 0 saturated carbocycles. The van der Waals surface area contributed by atoms with E-state index in [0.29, 0.717) is 0 Å². The van der Waals surface area contributed by atoms with Crippen LogP contribution in [0.1, 0.15) is 42.4 Å². The minimum Gasteiger partial charge on any atom is -0.300 e. The molecule has 19 heavy (non-hydrogen) atoms. The summed E-state index contributed by atoms with van der Waals surface area (Å²) < 4.78 is 0. The Labute approximate surface area is 121 Å². The van der Waals surface area contributed by atoms with Gasteiger partial charge in [-0.1, -0.05) is 18.2 Å². The Morgan fingerprint density at radius 3 is 2.95 bits per heavy atom. The molecule has 1 aromatic rings. The Hall–Kier alpha value is -0.530. The lowest BCUT2D eigenvalue weighted by Gasteiger charge is -2.23. The monoisotopic (exact) mass is 277 g/mol. The summed E-state index contributed by atoms with van der Waals surface area (Å²) in [5.41, 5.74) is 4.72. The Balaban J connectivity index is 1.57. The van der Waals surface area contributed by atoms with Gasteiger partial charge in [0.1, 0.15) is 0 Å². The fourth-order valence-electron chi connectivity index (χ4n) is 3.70. The van der Waals surface area contributed by atoms with Crippen LogP contribution in [0.15, 0.2) is 18.2 Å². The van der Waals surface area contributed by atoms with E-state index in [1.165, 1.54) is 57.2 Å². The van der Waals surface area contributed by atoms with Crippen molar-refractivity contribution in [1.29, 1.82) is 0 Å². The lowest BCUT2D eigenvalue weighted by molar-refractivity contribution is 0.252. The highest BCUT2D eigenvalue weighted by Crippen LogP contribution is 2.24. The molecule has 0 N–H and O–H groups in total. The van der Waals surface area contributed by atoms with Gasteiger partial charge in [0, 0.05) is 18.5 Å². The van der Waals surface area contributed by atoms with Gasteiger partial charge >= 0.3 is 0 Å². The fraction of sp³-hybridized carbons (Fsp3) is 0.647. The van der Waals surface area contributed by atoms with Gasteiger partial charge in [0.2, 0.25) is 0 Å². The first-order chi connectivity index (χ1) is 9.36. The number of aryl methyl sites for hydroxylation is 2. The molecule has 0 unspecified atom stereocenters. The molecule has 1 heterocycles. The number of likely N-dealkylation sites (tertiary alicyclic amines) is 1. The molecule has 2 heteroatoms. The molecular formula is C17H24ClN. The van der Waals surface area contributed by atoms with E-state index in [9.17, 15) is 0 Å². The van der Waals surface area contributed by atoms with Gasteiger partial charge < -0.3 is 4.90 Å². The summed E-state index contributed by atoms with van der Waals surface area (Å²) in [5.74, 6) is 0.806. The molecule has 1 aliphatic carbocycles. The summed E-state index contributed by atoms with van der Waals surface area (Å²) in [4.78, 5) is 2.65. The second kappa shape index (κ2) is 6.28. The summed E-state index contributed by atoms with van der Waals surface area (Å²) in [6, 6.07) is 7.90. The van der Waals surface area contributed by atoms with E-state index in [1.54, 1.807) is 11.1 Å². The van der Waals surface area contributed by atoms with Crippen molar-refractivity contribution in [3.05, 3.63) is 34.9 Å². The quantitative estimate of drug-likeness (QED) is 0.740. The first-order valence-corrected chi connectivity index (χ1v) is 8.31. The maximum absolute atomic E-state index is 5.90. The lowest BCUT2D eigenvalue weighted by atomic mass is 10.0. The molecule has 0 spiro atoms. The highest BCUT2D eigenvalue weighted by atomic mass is 35.5. The molecule has 1 aromatic carbocycles. The van der Waals surface area contributed by atoms with Gasteiger partial charge in [0.15, 0.2) is 0 Å². The second-order valence-electron chi connectivity index (χ2n) is 6.02. The van der Waals surface area contributed by atoms with Crippen LogP contribution in [0.3, 0.4) is 0 Å². The summed E-state index contributed by atoms with van der Waals surface area (Å²) in [5, 5.41) is 0. The molecule has 1 atom stereocenters. The van der Waals surface area contributed by atoms with Crippen LogP contribution >= 0.6 is 11.6 Å². The van der Waals surface area contributed by atoms with E-state index in [0.717, 1.165) is 18.3 Å². The normalized spacial score (nSPS) is 22.9. The molecule has 1 saturated heterocycles. The average molecular weight is 278 g/mol. The highest BCUT2D eigenvalue weighted by Gasteiger charge is 2.23. The number of rotatable bonds is 5. The smallest absolute Gasteiger partial charge is 0.0238 e. The van der Waals surface area contributed by atoms with Gasteiger partial charge in [0.05, 0.1) is 0 Å². The van der Waals surface area contributed by atoms with Crippen molar-refractivity contribution < 1.29 is 0 Å². The Morgan fingerprint density at radius 2 is 2.05 bits per heavy atom. The van der Waals surface area contributed by atoms with Gasteiger partial charge in [-0.3, -0.25) is 0 Å². The standard InChI is InChI=1S/C17H24ClN/c18-10-8-17-5-2-11-19(17)12-9-14-6-7-15-3-1-4-16(15)13-14/h6-7,13,17H,1-5,8-12H2/t17-/m0/s1. The van der Waals surface area contributed by atoms with Crippen LogP contribution in [-0.4, -0.2) is 29.9 Å². The predicted octanol–water partition coefficient (Wildman–Crippen LogP) is 3.81. The van der Waals surface area contributed by atoms with E-state index < -0.39 is 0 Å². The maximum atomic E-state index is 5.90. The minimum atomic E-state index is 0.743. The molecule has 104 valence electrons. The third kappa shape index (κ3) is 3.14. The van der Waals surface area contributed by atoms with Crippen LogP contribution in [-0.2, 0) is 19.3 Å². The van der Waals surface area contributed by atoms with Gasteiger partial charge in [0.25, 0.3) is 0 Å². The number of benzene rings is 1.